The maximum atomic E-state index is 13.0. The summed E-state index contributed by atoms with van der Waals surface area (Å²) in [6.07, 6.45) is -4.55. The molecule has 1 aliphatic heterocycles. The van der Waals surface area contributed by atoms with Gasteiger partial charge in [0.2, 0.25) is 11.8 Å². The van der Waals surface area contributed by atoms with Crippen molar-refractivity contribution in [3.63, 3.8) is 0 Å². The van der Waals surface area contributed by atoms with E-state index in [2.05, 4.69) is 5.32 Å². The number of aliphatic hydroxyl groups excluding tert-OH is 1. The number of piperazine rings is 1. The number of nitrogens with one attached hydrogen (secondary N) is 1. The Labute approximate surface area is 174 Å². The molecule has 2 rings (SSSR count). The smallest absolute Gasteiger partial charge is 0.395 e. The molecule has 0 unspecified atom stereocenters. The number of hydrogen-bond acceptors (Lipinski definition) is 5. The van der Waals surface area contributed by atoms with Gasteiger partial charge in [0.1, 0.15) is 0 Å². The van der Waals surface area contributed by atoms with E-state index in [9.17, 15) is 22.8 Å². The highest BCUT2D eigenvalue weighted by atomic mass is 19.4. The molecule has 1 aliphatic rings. The summed E-state index contributed by atoms with van der Waals surface area (Å²) in [6, 6.07) is 4.99. The van der Waals surface area contributed by atoms with E-state index in [1.807, 2.05) is 23.6 Å². The molecule has 0 saturated carbocycles. The van der Waals surface area contributed by atoms with Crippen LogP contribution in [-0.4, -0.2) is 90.1 Å². The van der Waals surface area contributed by atoms with Gasteiger partial charge < -0.3 is 15.3 Å². The van der Waals surface area contributed by atoms with Crippen LogP contribution >= 0.6 is 0 Å². The lowest BCUT2D eigenvalue weighted by atomic mass is 10.1. The summed E-state index contributed by atoms with van der Waals surface area (Å²) in [7, 11) is 0. The summed E-state index contributed by atoms with van der Waals surface area (Å²) in [6.45, 7) is 6.28. The van der Waals surface area contributed by atoms with Gasteiger partial charge in [-0.2, -0.15) is 13.2 Å². The Morgan fingerprint density at radius 2 is 1.80 bits per heavy atom. The van der Waals surface area contributed by atoms with E-state index in [-0.39, 0.29) is 37.3 Å². The van der Waals surface area contributed by atoms with Gasteiger partial charge in [0, 0.05) is 38.8 Å². The number of anilines is 1. The quantitative estimate of drug-likeness (QED) is 0.654. The zero-order valence-corrected chi connectivity index (χ0v) is 17.3. The number of benzene rings is 1. The molecule has 0 aliphatic carbocycles. The Kier molecular flexibility index (Phi) is 8.63. The van der Waals surface area contributed by atoms with Gasteiger partial charge in [-0.15, -0.1) is 0 Å². The zero-order chi connectivity index (χ0) is 22.3. The molecule has 168 valence electrons. The number of halogens is 3. The number of aliphatic hydroxyl groups is 1. The van der Waals surface area contributed by atoms with Crippen LogP contribution < -0.4 is 5.32 Å². The van der Waals surface area contributed by atoms with Gasteiger partial charge in [-0.25, -0.2) is 0 Å². The van der Waals surface area contributed by atoms with Crippen molar-refractivity contribution >= 4 is 17.5 Å². The van der Waals surface area contributed by atoms with Gasteiger partial charge in [-0.1, -0.05) is 12.1 Å². The highest BCUT2D eigenvalue weighted by Gasteiger charge is 2.33. The van der Waals surface area contributed by atoms with Crippen molar-refractivity contribution in [1.82, 2.24) is 14.7 Å². The molecular weight excluding hydrogens is 401 g/mol. The average molecular weight is 430 g/mol. The predicted octanol–water partition coefficient (Wildman–Crippen LogP) is 1.49. The number of rotatable bonds is 8. The molecule has 10 heteroatoms. The third-order valence-electron chi connectivity index (χ3n) is 5.05. The van der Waals surface area contributed by atoms with Gasteiger partial charge >= 0.3 is 6.18 Å². The second-order valence-corrected chi connectivity index (χ2v) is 7.54. The van der Waals surface area contributed by atoms with Gasteiger partial charge in [0.25, 0.3) is 0 Å². The zero-order valence-electron chi connectivity index (χ0n) is 17.3. The minimum atomic E-state index is -4.55. The summed E-state index contributed by atoms with van der Waals surface area (Å²) in [5.74, 6) is -0.569. The van der Waals surface area contributed by atoms with Crippen LogP contribution in [0.1, 0.15) is 19.4 Å². The van der Waals surface area contributed by atoms with Crippen molar-refractivity contribution < 1.29 is 27.9 Å². The third kappa shape index (κ3) is 6.96. The number of carbonyl (C=O) groups is 2. The molecule has 2 N–H and O–H groups in total. The fourth-order valence-corrected chi connectivity index (χ4v) is 3.31. The van der Waals surface area contributed by atoms with E-state index in [1.165, 1.54) is 18.2 Å². The number of nitrogens with zero attached hydrogens (tertiary/aromatic N) is 3. The standard InChI is InChI=1S/C20H29F3N4O3/c1-15(2)27(11-12-28)14-19(30)26-9-7-25(8-10-26)13-18(29)24-17-6-4-3-5-16(17)20(21,22)23/h3-6,15,28H,7-14H2,1-2H3,(H,24,29). The Morgan fingerprint density at radius 1 is 1.17 bits per heavy atom. The summed E-state index contributed by atoms with van der Waals surface area (Å²) in [4.78, 5) is 30.1. The van der Waals surface area contributed by atoms with Crippen LogP contribution in [0.3, 0.4) is 0 Å². The first-order chi connectivity index (χ1) is 14.1. The van der Waals surface area contributed by atoms with Crippen LogP contribution in [0.2, 0.25) is 0 Å². The topological polar surface area (TPSA) is 76.1 Å². The van der Waals surface area contributed by atoms with Crippen molar-refractivity contribution in [3.05, 3.63) is 29.8 Å². The average Bonchev–Trinajstić information content (AvgIpc) is 2.67. The lowest BCUT2D eigenvalue weighted by molar-refractivity contribution is -0.137. The van der Waals surface area contributed by atoms with E-state index in [0.29, 0.717) is 32.7 Å². The van der Waals surface area contributed by atoms with Crippen LogP contribution in [0, 0.1) is 0 Å². The van der Waals surface area contributed by atoms with E-state index in [1.54, 1.807) is 4.90 Å². The second kappa shape index (κ2) is 10.7. The Hall–Kier alpha value is -2.17. The van der Waals surface area contributed by atoms with Crippen molar-refractivity contribution in [1.29, 1.82) is 0 Å². The molecule has 0 radical (unpaired) electrons. The summed E-state index contributed by atoms with van der Waals surface area (Å²) < 4.78 is 39.1. The van der Waals surface area contributed by atoms with Crippen LogP contribution in [-0.2, 0) is 15.8 Å². The molecule has 7 nitrogen and oxygen atoms in total. The molecule has 1 aromatic carbocycles. The van der Waals surface area contributed by atoms with E-state index < -0.39 is 17.6 Å². The van der Waals surface area contributed by atoms with Gasteiger partial charge in [0.15, 0.2) is 0 Å². The maximum absolute atomic E-state index is 13.0. The van der Waals surface area contributed by atoms with Gasteiger partial charge in [-0.05, 0) is 26.0 Å². The minimum absolute atomic E-state index is 0.0220. The molecule has 1 fully saturated rings. The van der Waals surface area contributed by atoms with Crippen LogP contribution in [0.4, 0.5) is 18.9 Å². The largest absolute Gasteiger partial charge is 0.418 e. The summed E-state index contributed by atoms with van der Waals surface area (Å²) in [5.41, 5.74) is -1.15. The van der Waals surface area contributed by atoms with E-state index in [4.69, 9.17) is 5.11 Å². The number of amides is 2. The van der Waals surface area contributed by atoms with Crippen molar-refractivity contribution in [2.45, 2.75) is 26.1 Å². The lowest BCUT2D eigenvalue weighted by Gasteiger charge is -2.36. The molecule has 0 atom stereocenters. The molecule has 2 amide bonds. The Bertz CT molecular complexity index is 719. The number of para-hydroxylation sites is 1. The molecule has 0 bridgehead atoms. The molecule has 0 aromatic heterocycles. The van der Waals surface area contributed by atoms with Crippen molar-refractivity contribution in [2.24, 2.45) is 0 Å². The summed E-state index contributed by atoms with van der Waals surface area (Å²) in [5, 5.41) is 11.5. The molecule has 0 spiro atoms. The predicted molar refractivity (Wildman–Crippen MR) is 107 cm³/mol. The van der Waals surface area contributed by atoms with Crippen molar-refractivity contribution in [3.8, 4) is 0 Å². The maximum Gasteiger partial charge on any atom is 0.418 e. The fraction of sp³-hybridized carbons (Fsp3) is 0.600. The number of hydrogen-bond donors (Lipinski definition) is 2. The lowest BCUT2D eigenvalue weighted by Crippen LogP contribution is -2.53. The highest BCUT2D eigenvalue weighted by molar-refractivity contribution is 5.93. The Morgan fingerprint density at radius 3 is 2.37 bits per heavy atom. The Balaban J connectivity index is 1.84. The highest BCUT2D eigenvalue weighted by Crippen LogP contribution is 2.34. The van der Waals surface area contributed by atoms with E-state index in [0.717, 1.165) is 6.07 Å². The number of carbonyl (C=O) groups excluding carboxylic acids is 2. The molecule has 1 saturated heterocycles. The molecular formula is C20H29F3N4O3. The third-order valence-corrected chi connectivity index (χ3v) is 5.05. The summed E-state index contributed by atoms with van der Waals surface area (Å²) >= 11 is 0. The van der Waals surface area contributed by atoms with Crippen LogP contribution in [0.15, 0.2) is 24.3 Å². The van der Waals surface area contributed by atoms with Gasteiger partial charge in [0.05, 0.1) is 30.9 Å². The molecule has 1 heterocycles. The monoisotopic (exact) mass is 430 g/mol. The van der Waals surface area contributed by atoms with Gasteiger partial charge in [-0.3, -0.25) is 19.4 Å². The van der Waals surface area contributed by atoms with Crippen LogP contribution in [0.5, 0.6) is 0 Å². The second-order valence-electron chi connectivity index (χ2n) is 7.54. The minimum Gasteiger partial charge on any atom is -0.395 e. The first-order valence-corrected chi connectivity index (χ1v) is 9.93. The normalized spacial score (nSPS) is 15.7. The van der Waals surface area contributed by atoms with E-state index >= 15 is 0 Å². The fourth-order valence-electron chi connectivity index (χ4n) is 3.31. The SMILES string of the molecule is CC(C)N(CCO)CC(=O)N1CCN(CC(=O)Nc2ccccc2C(F)(F)F)CC1. The first kappa shape index (κ1) is 24.1. The van der Waals surface area contributed by atoms with Crippen molar-refractivity contribution in [2.75, 3.05) is 57.7 Å². The van der Waals surface area contributed by atoms with Crippen LogP contribution in [0.25, 0.3) is 0 Å². The molecule has 30 heavy (non-hydrogen) atoms. The first-order valence-electron chi connectivity index (χ1n) is 9.93. The number of alkyl halides is 3. The molecule has 1 aromatic rings.